The molecule has 1 atom stereocenters. The van der Waals surface area contributed by atoms with Crippen LogP contribution in [-0.2, 0) is 16.1 Å². The predicted molar refractivity (Wildman–Crippen MR) is 97.1 cm³/mol. The van der Waals surface area contributed by atoms with Crippen molar-refractivity contribution < 1.29 is 14.7 Å². The van der Waals surface area contributed by atoms with Gasteiger partial charge in [-0.2, -0.15) is 0 Å². The minimum Gasteiger partial charge on any atom is -0.387 e. The summed E-state index contributed by atoms with van der Waals surface area (Å²) in [6.45, 7) is 3.30. The smallest absolute Gasteiger partial charge is 0.248 e. The standard InChI is InChI=1S/C19H28N4O3/c24-14-18(25)22-9-5-17(6-10-22)23-8-2-4-16(13-23)19(26)21-12-15-3-1-7-20-11-15/h1,3,7,11,16-17,24H,2,4-6,8-10,12-14H2,(H,21,26)/t16-/m1/s1. The van der Waals surface area contributed by atoms with E-state index in [1.54, 1.807) is 17.3 Å². The van der Waals surface area contributed by atoms with Gasteiger partial charge in [0.2, 0.25) is 11.8 Å². The summed E-state index contributed by atoms with van der Waals surface area (Å²) in [7, 11) is 0. The van der Waals surface area contributed by atoms with E-state index in [0.717, 1.165) is 44.3 Å². The summed E-state index contributed by atoms with van der Waals surface area (Å²) in [5, 5.41) is 12.0. The van der Waals surface area contributed by atoms with Crippen LogP contribution < -0.4 is 5.32 Å². The van der Waals surface area contributed by atoms with Crippen molar-refractivity contribution in [2.75, 3.05) is 32.8 Å². The summed E-state index contributed by atoms with van der Waals surface area (Å²) in [4.78, 5) is 32.3. The SMILES string of the molecule is O=C(NCc1cccnc1)[C@@H]1CCCN(C2CCN(C(=O)CO)CC2)C1. The average Bonchev–Trinajstić information content (AvgIpc) is 2.72. The van der Waals surface area contributed by atoms with Gasteiger partial charge in [0.1, 0.15) is 6.61 Å². The van der Waals surface area contributed by atoms with E-state index in [1.807, 2.05) is 12.1 Å². The van der Waals surface area contributed by atoms with Gasteiger partial charge in [0.15, 0.2) is 0 Å². The molecule has 0 saturated carbocycles. The molecule has 2 N–H and O–H groups in total. The number of amides is 2. The largest absolute Gasteiger partial charge is 0.387 e. The number of nitrogens with one attached hydrogen (secondary N) is 1. The van der Waals surface area contributed by atoms with Gasteiger partial charge in [-0.3, -0.25) is 19.5 Å². The van der Waals surface area contributed by atoms with Crippen molar-refractivity contribution in [2.24, 2.45) is 5.92 Å². The number of aromatic nitrogens is 1. The summed E-state index contributed by atoms with van der Waals surface area (Å²) in [6.07, 6.45) is 7.28. The van der Waals surface area contributed by atoms with Crippen molar-refractivity contribution in [1.29, 1.82) is 0 Å². The van der Waals surface area contributed by atoms with Crippen LogP contribution in [-0.4, -0.2) is 70.5 Å². The van der Waals surface area contributed by atoms with Crippen LogP contribution in [0.4, 0.5) is 0 Å². The average molecular weight is 360 g/mol. The van der Waals surface area contributed by atoms with Crippen molar-refractivity contribution in [3.63, 3.8) is 0 Å². The van der Waals surface area contributed by atoms with Gasteiger partial charge < -0.3 is 15.3 Å². The first-order chi connectivity index (χ1) is 12.7. The highest BCUT2D eigenvalue weighted by molar-refractivity contribution is 5.79. The van der Waals surface area contributed by atoms with Crippen LogP contribution in [0.1, 0.15) is 31.2 Å². The molecule has 3 heterocycles. The Morgan fingerprint density at radius 2 is 2.04 bits per heavy atom. The minimum absolute atomic E-state index is 0.0255. The fourth-order valence-corrected chi connectivity index (χ4v) is 3.97. The van der Waals surface area contributed by atoms with Crippen LogP contribution in [0.3, 0.4) is 0 Å². The van der Waals surface area contributed by atoms with Gasteiger partial charge in [0.25, 0.3) is 0 Å². The van der Waals surface area contributed by atoms with E-state index in [1.165, 1.54) is 0 Å². The van der Waals surface area contributed by atoms with E-state index in [9.17, 15) is 9.59 Å². The van der Waals surface area contributed by atoms with Crippen LogP contribution in [0, 0.1) is 5.92 Å². The molecule has 0 unspecified atom stereocenters. The number of rotatable bonds is 5. The Balaban J connectivity index is 1.46. The summed E-state index contributed by atoms with van der Waals surface area (Å²) >= 11 is 0. The molecule has 3 rings (SSSR count). The van der Waals surface area contributed by atoms with E-state index in [-0.39, 0.29) is 17.7 Å². The van der Waals surface area contributed by atoms with E-state index < -0.39 is 6.61 Å². The van der Waals surface area contributed by atoms with Crippen molar-refractivity contribution in [3.05, 3.63) is 30.1 Å². The van der Waals surface area contributed by atoms with Crippen molar-refractivity contribution in [3.8, 4) is 0 Å². The van der Waals surface area contributed by atoms with E-state index >= 15 is 0 Å². The van der Waals surface area contributed by atoms with Crippen LogP contribution >= 0.6 is 0 Å². The summed E-state index contributed by atoms with van der Waals surface area (Å²) in [6, 6.07) is 4.26. The highest BCUT2D eigenvalue weighted by atomic mass is 16.3. The molecule has 1 aromatic heterocycles. The zero-order valence-electron chi connectivity index (χ0n) is 15.1. The molecule has 26 heavy (non-hydrogen) atoms. The van der Waals surface area contributed by atoms with Crippen LogP contribution in [0.25, 0.3) is 0 Å². The first-order valence-electron chi connectivity index (χ1n) is 9.46. The second-order valence-electron chi connectivity index (χ2n) is 7.18. The Kier molecular flexibility index (Phi) is 6.57. The fraction of sp³-hybridized carbons (Fsp3) is 0.632. The summed E-state index contributed by atoms with van der Waals surface area (Å²) in [5.74, 6) is -0.0428. The Morgan fingerprint density at radius 3 is 2.73 bits per heavy atom. The topological polar surface area (TPSA) is 85.8 Å². The molecule has 2 saturated heterocycles. The zero-order valence-corrected chi connectivity index (χ0v) is 15.1. The maximum atomic E-state index is 12.5. The number of likely N-dealkylation sites (tertiary alicyclic amines) is 2. The van der Waals surface area contributed by atoms with Crippen molar-refractivity contribution in [1.82, 2.24) is 20.1 Å². The quantitative estimate of drug-likeness (QED) is 0.794. The molecular formula is C19H28N4O3. The maximum Gasteiger partial charge on any atom is 0.248 e. The molecule has 7 heteroatoms. The summed E-state index contributed by atoms with van der Waals surface area (Å²) < 4.78 is 0. The van der Waals surface area contributed by atoms with E-state index in [0.29, 0.717) is 25.7 Å². The van der Waals surface area contributed by atoms with Gasteiger partial charge >= 0.3 is 0 Å². The number of piperidine rings is 2. The van der Waals surface area contributed by atoms with Gasteiger partial charge in [0.05, 0.1) is 5.92 Å². The predicted octanol–water partition coefficient (Wildman–Crippen LogP) is 0.393. The highest BCUT2D eigenvalue weighted by Crippen LogP contribution is 2.24. The third-order valence-corrected chi connectivity index (χ3v) is 5.48. The molecule has 7 nitrogen and oxygen atoms in total. The Bertz CT molecular complexity index is 602. The van der Waals surface area contributed by atoms with Crippen molar-refractivity contribution in [2.45, 2.75) is 38.3 Å². The first kappa shape index (κ1) is 18.8. The lowest BCUT2D eigenvalue weighted by molar-refractivity contribution is -0.135. The molecule has 0 radical (unpaired) electrons. The van der Waals surface area contributed by atoms with Gasteiger partial charge in [-0.25, -0.2) is 0 Å². The number of nitrogens with zero attached hydrogens (tertiary/aromatic N) is 3. The second kappa shape index (κ2) is 9.09. The molecule has 2 aliphatic heterocycles. The monoisotopic (exact) mass is 360 g/mol. The molecule has 1 aromatic rings. The summed E-state index contributed by atoms with van der Waals surface area (Å²) in [5.41, 5.74) is 1.01. The lowest BCUT2D eigenvalue weighted by Crippen LogP contribution is -2.51. The lowest BCUT2D eigenvalue weighted by atomic mass is 9.93. The van der Waals surface area contributed by atoms with Crippen LogP contribution in [0.2, 0.25) is 0 Å². The number of aliphatic hydroxyl groups excluding tert-OH is 1. The molecule has 142 valence electrons. The third kappa shape index (κ3) is 4.80. The van der Waals surface area contributed by atoms with Gasteiger partial charge in [-0.05, 0) is 43.9 Å². The molecular weight excluding hydrogens is 332 g/mol. The van der Waals surface area contributed by atoms with Gasteiger partial charge in [-0.1, -0.05) is 6.07 Å². The Labute approximate surface area is 154 Å². The Morgan fingerprint density at radius 1 is 1.23 bits per heavy atom. The molecule has 2 aliphatic rings. The minimum atomic E-state index is -0.409. The first-order valence-corrected chi connectivity index (χ1v) is 9.46. The third-order valence-electron chi connectivity index (χ3n) is 5.48. The molecule has 0 bridgehead atoms. The zero-order chi connectivity index (χ0) is 18.4. The van der Waals surface area contributed by atoms with Gasteiger partial charge in [-0.15, -0.1) is 0 Å². The number of hydrogen-bond donors (Lipinski definition) is 2. The van der Waals surface area contributed by atoms with Crippen LogP contribution in [0.15, 0.2) is 24.5 Å². The van der Waals surface area contributed by atoms with Gasteiger partial charge in [0, 0.05) is 44.6 Å². The molecule has 0 aromatic carbocycles. The lowest BCUT2D eigenvalue weighted by Gasteiger charge is -2.42. The van der Waals surface area contributed by atoms with Crippen LogP contribution in [0.5, 0.6) is 0 Å². The number of carbonyl (C=O) groups is 2. The molecule has 2 amide bonds. The number of hydrogen-bond acceptors (Lipinski definition) is 5. The highest BCUT2D eigenvalue weighted by Gasteiger charge is 2.32. The Hall–Kier alpha value is -1.99. The molecule has 0 aliphatic carbocycles. The normalized spacial score (nSPS) is 22.2. The molecule has 2 fully saturated rings. The van der Waals surface area contributed by atoms with Crippen molar-refractivity contribution >= 4 is 11.8 Å². The fourth-order valence-electron chi connectivity index (χ4n) is 3.97. The van der Waals surface area contributed by atoms with E-state index in [4.69, 9.17) is 5.11 Å². The number of carbonyl (C=O) groups excluding carboxylic acids is 2. The number of pyridine rings is 1. The maximum absolute atomic E-state index is 12.5. The second-order valence-corrected chi connectivity index (χ2v) is 7.18. The molecule has 0 spiro atoms. The van der Waals surface area contributed by atoms with E-state index in [2.05, 4.69) is 15.2 Å². The number of aliphatic hydroxyl groups is 1.